The monoisotopic (exact) mass is 389 g/mol. The molecule has 2 aromatic rings. The van der Waals surface area contributed by atoms with Crippen LogP contribution in [0.1, 0.15) is 57.0 Å². The molecule has 0 radical (unpaired) electrons. The highest BCUT2D eigenvalue weighted by Crippen LogP contribution is 2.37. The number of imidazole rings is 1. The van der Waals surface area contributed by atoms with Crippen LogP contribution in [0.2, 0.25) is 0 Å². The molecule has 152 valence electrons. The van der Waals surface area contributed by atoms with Gasteiger partial charge in [-0.05, 0) is 38.5 Å². The lowest BCUT2D eigenvalue weighted by Gasteiger charge is -2.30. The number of aliphatic carboxylic acids is 1. The van der Waals surface area contributed by atoms with Crippen LogP contribution in [0.4, 0.5) is 5.82 Å². The van der Waals surface area contributed by atoms with E-state index in [2.05, 4.69) is 25.9 Å². The Hall–Kier alpha value is -2.70. The fourth-order valence-corrected chi connectivity index (χ4v) is 3.57. The van der Waals surface area contributed by atoms with Gasteiger partial charge in [0.05, 0.1) is 17.8 Å². The van der Waals surface area contributed by atoms with Crippen molar-refractivity contribution in [3.8, 4) is 6.07 Å². The molecule has 0 aliphatic heterocycles. The number of aliphatic hydroxyl groups is 2. The summed E-state index contributed by atoms with van der Waals surface area (Å²) in [6.07, 6.45) is 5.95. The van der Waals surface area contributed by atoms with Crippen molar-refractivity contribution in [1.29, 1.82) is 5.26 Å². The molecule has 0 aromatic carbocycles. The molecule has 0 amide bonds. The molecule has 9 nitrogen and oxygen atoms in total. The summed E-state index contributed by atoms with van der Waals surface area (Å²) < 4.78 is 2.19. The number of hydrogen-bond acceptors (Lipinski definition) is 7. The van der Waals surface area contributed by atoms with E-state index in [0.29, 0.717) is 24.2 Å². The predicted molar refractivity (Wildman–Crippen MR) is 104 cm³/mol. The first kappa shape index (κ1) is 21.6. The van der Waals surface area contributed by atoms with Crippen molar-refractivity contribution in [2.75, 3.05) is 19.0 Å². The number of nitriles is 1. The molecule has 1 saturated carbocycles. The molecule has 9 heteroatoms. The van der Waals surface area contributed by atoms with E-state index in [1.54, 1.807) is 13.1 Å². The van der Waals surface area contributed by atoms with E-state index in [0.717, 1.165) is 42.5 Å². The van der Waals surface area contributed by atoms with Crippen LogP contribution in [0, 0.1) is 17.2 Å². The van der Waals surface area contributed by atoms with Gasteiger partial charge in [-0.25, -0.2) is 14.8 Å². The maximum absolute atomic E-state index is 10.1. The van der Waals surface area contributed by atoms with Crippen LogP contribution in [-0.4, -0.2) is 49.5 Å². The molecule has 0 saturated heterocycles. The quantitative estimate of drug-likeness (QED) is 0.609. The smallest absolute Gasteiger partial charge is 0.329 e. The number of aliphatic hydroxyl groups excluding tert-OH is 2. The highest BCUT2D eigenvalue weighted by molar-refractivity contribution is 5.78. The Kier molecular flexibility index (Phi) is 7.72. The molecule has 1 aliphatic carbocycles. The number of pyridine rings is 1. The maximum Gasteiger partial charge on any atom is 0.329 e. The number of anilines is 1. The second kappa shape index (κ2) is 10.0. The fourth-order valence-electron chi connectivity index (χ4n) is 3.57. The molecular weight excluding hydrogens is 362 g/mol. The summed E-state index contributed by atoms with van der Waals surface area (Å²) in [6, 6.07) is 4.61. The largest absolute Gasteiger partial charge is 0.480 e. The van der Waals surface area contributed by atoms with Crippen LogP contribution in [0.15, 0.2) is 12.3 Å². The summed E-state index contributed by atoms with van der Waals surface area (Å²) in [5.74, 6) is 0.827. The Labute approximate surface area is 163 Å². The number of rotatable bonds is 5. The van der Waals surface area contributed by atoms with Gasteiger partial charge >= 0.3 is 5.97 Å². The van der Waals surface area contributed by atoms with Crippen molar-refractivity contribution in [2.45, 2.75) is 51.2 Å². The molecule has 28 heavy (non-hydrogen) atoms. The van der Waals surface area contributed by atoms with E-state index in [-0.39, 0.29) is 0 Å². The molecule has 1 aliphatic rings. The average Bonchev–Trinajstić information content (AvgIpc) is 3.08. The Morgan fingerprint density at radius 2 is 2.07 bits per heavy atom. The third-order valence-corrected chi connectivity index (χ3v) is 4.93. The van der Waals surface area contributed by atoms with Gasteiger partial charge in [0.25, 0.3) is 0 Å². The van der Waals surface area contributed by atoms with Crippen LogP contribution in [-0.2, 0) is 4.79 Å². The topological polar surface area (TPSA) is 144 Å². The summed E-state index contributed by atoms with van der Waals surface area (Å²) in [6.45, 7) is 0.978. The Bertz CT molecular complexity index is 835. The van der Waals surface area contributed by atoms with Crippen LogP contribution >= 0.6 is 0 Å². The summed E-state index contributed by atoms with van der Waals surface area (Å²) in [4.78, 5) is 18.0. The van der Waals surface area contributed by atoms with Gasteiger partial charge in [0.1, 0.15) is 29.9 Å². The van der Waals surface area contributed by atoms with E-state index in [4.69, 9.17) is 20.3 Å². The van der Waals surface area contributed by atoms with Gasteiger partial charge in [-0.3, -0.25) is 0 Å². The molecule has 2 aromatic heterocycles. The summed E-state index contributed by atoms with van der Waals surface area (Å²) >= 11 is 0. The minimum atomic E-state index is -1.19. The third-order valence-electron chi connectivity index (χ3n) is 4.93. The van der Waals surface area contributed by atoms with Crippen molar-refractivity contribution in [3.63, 3.8) is 0 Å². The molecule has 2 heterocycles. The van der Waals surface area contributed by atoms with Gasteiger partial charge in [0.15, 0.2) is 0 Å². The lowest BCUT2D eigenvalue weighted by Crippen LogP contribution is -2.20. The normalized spacial score (nSPS) is 20.0. The number of carboxylic acid groups (broad SMARTS) is 1. The number of nitrogens with zero attached hydrogens (tertiary/aromatic N) is 4. The van der Waals surface area contributed by atoms with E-state index in [9.17, 15) is 5.11 Å². The maximum atomic E-state index is 10.1. The van der Waals surface area contributed by atoms with E-state index < -0.39 is 18.7 Å². The van der Waals surface area contributed by atoms with Gasteiger partial charge in [-0.15, -0.1) is 0 Å². The minimum Gasteiger partial charge on any atom is -0.480 e. The van der Waals surface area contributed by atoms with Crippen LogP contribution in [0.5, 0.6) is 0 Å². The van der Waals surface area contributed by atoms with E-state index >= 15 is 0 Å². The zero-order valence-corrected chi connectivity index (χ0v) is 16.2. The van der Waals surface area contributed by atoms with Gasteiger partial charge in [0, 0.05) is 25.6 Å². The zero-order valence-electron chi connectivity index (χ0n) is 16.2. The van der Waals surface area contributed by atoms with Gasteiger partial charge < -0.3 is 25.2 Å². The fraction of sp³-hybridized carbons (Fsp3) is 0.579. The lowest BCUT2D eigenvalue weighted by molar-refractivity contribution is -0.140. The SMILES string of the molecule is CNc1cc2c(cn1)nc([C@@H](C)O)n2C1CCC(CC#N)CC1.O=C(O)CO. The second-order valence-corrected chi connectivity index (χ2v) is 6.91. The first-order valence-electron chi connectivity index (χ1n) is 9.34. The second-order valence-electron chi connectivity index (χ2n) is 6.91. The number of nitrogens with one attached hydrogen (secondary N) is 1. The Morgan fingerprint density at radius 1 is 1.43 bits per heavy atom. The van der Waals surface area contributed by atoms with E-state index in [1.807, 2.05) is 13.1 Å². The van der Waals surface area contributed by atoms with Crippen LogP contribution in [0.25, 0.3) is 11.0 Å². The molecule has 3 rings (SSSR count). The Morgan fingerprint density at radius 3 is 2.57 bits per heavy atom. The molecule has 0 bridgehead atoms. The van der Waals surface area contributed by atoms with Crippen molar-refractivity contribution >= 4 is 22.8 Å². The first-order chi connectivity index (χ1) is 13.4. The highest BCUT2D eigenvalue weighted by atomic mass is 16.4. The summed E-state index contributed by atoms with van der Waals surface area (Å²) in [5, 5.41) is 37.1. The molecule has 0 spiro atoms. The minimum absolute atomic E-state index is 0.326. The molecule has 0 unspecified atom stereocenters. The van der Waals surface area contributed by atoms with Crippen molar-refractivity contribution < 1.29 is 20.1 Å². The standard InChI is InChI=1S/C17H23N5O.C2H4O3/c1-11(23)17-21-14-10-20-16(19-2)9-15(14)22(17)13-5-3-12(4-6-13)7-8-18;3-1-2(4)5/h9-13,23H,3-7H2,1-2H3,(H,19,20);3H,1H2,(H,4,5)/t11-,12?,13?;/m1./s1. The van der Waals surface area contributed by atoms with Crippen LogP contribution < -0.4 is 5.32 Å². The molecule has 4 N–H and O–H groups in total. The number of hydrogen-bond donors (Lipinski definition) is 4. The van der Waals surface area contributed by atoms with Crippen molar-refractivity contribution in [3.05, 3.63) is 18.1 Å². The average molecular weight is 389 g/mol. The predicted octanol–water partition coefficient (Wildman–Crippen LogP) is 2.23. The van der Waals surface area contributed by atoms with Gasteiger partial charge in [-0.1, -0.05) is 0 Å². The van der Waals surface area contributed by atoms with Crippen LogP contribution in [0.3, 0.4) is 0 Å². The third kappa shape index (κ3) is 5.18. The highest BCUT2D eigenvalue weighted by Gasteiger charge is 2.27. The van der Waals surface area contributed by atoms with E-state index in [1.165, 1.54) is 0 Å². The molecular formula is C19H27N5O4. The number of fused-ring (bicyclic) bond motifs is 1. The number of carbonyl (C=O) groups is 1. The Balaban J connectivity index is 0.000000500. The summed E-state index contributed by atoms with van der Waals surface area (Å²) in [7, 11) is 1.84. The van der Waals surface area contributed by atoms with Gasteiger partial charge in [-0.2, -0.15) is 5.26 Å². The van der Waals surface area contributed by atoms with Gasteiger partial charge in [0.2, 0.25) is 0 Å². The number of carboxylic acids is 1. The first-order valence-corrected chi connectivity index (χ1v) is 9.34. The number of aromatic nitrogens is 3. The van der Waals surface area contributed by atoms with Crippen molar-refractivity contribution in [1.82, 2.24) is 14.5 Å². The molecule has 1 atom stereocenters. The zero-order chi connectivity index (χ0) is 20.7. The van der Waals surface area contributed by atoms with Crippen molar-refractivity contribution in [2.24, 2.45) is 5.92 Å². The summed E-state index contributed by atoms with van der Waals surface area (Å²) in [5.41, 5.74) is 1.84. The molecule has 1 fully saturated rings. The lowest BCUT2D eigenvalue weighted by atomic mass is 9.84.